The van der Waals surface area contributed by atoms with E-state index in [1.54, 1.807) is 61.5 Å². The molecule has 1 unspecified atom stereocenters. The van der Waals surface area contributed by atoms with E-state index in [1.165, 1.54) is 0 Å². The van der Waals surface area contributed by atoms with E-state index in [4.69, 9.17) is 10.00 Å². The van der Waals surface area contributed by atoms with Gasteiger partial charge in [-0.05, 0) is 60.9 Å². The van der Waals surface area contributed by atoms with Crippen LogP contribution in [0, 0.1) is 17.2 Å². The smallest absolute Gasteiger partial charge is 0.255 e. The second-order valence-corrected chi connectivity index (χ2v) is 7.63. The molecule has 5 heteroatoms. The Labute approximate surface area is 182 Å². The molecule has 1 N–H and O–H groups in total. The summed E-state index contributed by atoms with van der Waals surface area (Å²) in [6.45, 7) is 5.66. The minimum Gasteiger partial charge on any atom is -0.485 e. The molecule has 156 valence electrons. The fourth-order valence-electron chi connectivity index (χ4n) is 3.19. The van der Waals surface area contributed by atoms with Crippen LogP contribution in [0.25, 0.3) is 0 Å². The summed E-state index contributed by atoms with van der Waals surface area (Å²) in [6.07, 6.45) is -0.224. The monoisotopic (exact) mass is 412 g/mol. The molecule has 0 saturated carbocycles. The van der Waals surface area contributed by atoms with Gasteiger partial charge in [-0.15, -0.1) is 0 Å². The highest BCUT2D eigenvalue weighted by Crippen LogP contribution is 2.29. The van der Waals surface area contributed by atoms with Crippen molar-refractivity contribution in [2.75, 3.05) is 5.32 Å². The Bertz CT molecular complexity index is 1110. The number of amides is 1. The normalized spacial score (nSPS) is 11.5. The van der Waals surface area contributed by atoms with Gasteiger partial charge in [-0.2, -0.15) is 5.26 Å². The SMILES string of the molecule is CC(=O)c1ccc(C(Oc2cccc(C(=O)Nc3ccc(C#N)cc3)c2)C(C)C)cc1. The minimum absolute atomic E-state index is 0.0227. The van der Waals surface area contributed by atoms with Crippen LogP contribution < -0.4 is 10.1 Å². The quantitative estimate of drug-likeness (QED) is 0.498. The van der Waals surface area contributed by atoms with Gasteiger partial charge in [0.05, 0.1) is 11.6 Å². The molecule has 0 aromatic heterocycles. The number of ketones is 1. The molecule has 0 bridgehead atoms. The number of carbonyl (C=O) groups is 2. The number of benzene rings is 3. The molecule has 5 nitrogen and oxygen atoms in total. The first-order valence-corrected chi connectivity index (χ1v) is 10.1. The van der Waals surface area contributed by atoms with Gasteiger partial charge in [0.25, 0.3) is 5.91 Å². The Kier molecular flexibility index (Phi) is 6.84. The van der Waals surface area contributed by atoms with Crippen molar-refractivity contribution in [2.45, 2.75) is 26.9 Å². The van der Waals surface area contributed by atoms with Gasteiger partial charge in [-0.1, -0.05) is 44.2 Å². The number of nitrogens with one attached hydrogen (secondary N) is 1. The number of hydrogen-bond acceptors (Lipinski definition) is 4. The Morgan fingerprint density at radius 3 is 2.19 bits per heavy atom. The molecule has 0 aliphatic heterocycles. The molecular formula is C26H24N2O3. The largest absolute Gasteiger partial charge is 0.485 e. The number of hydrogen-bond donors (Lipinski definition) is 1. The van der Waals surface area contributed by atoms with Gasteiger partial charge in [0.15, 0.2) is 5.78 Å². The van der Waals surface area contributed by atoms with Gasteiger partial charge in [0.1, 0.15) is 11.9 Å². The van der Waals surface area contributed by atoms with Gasteiger partial charge in [-0.3, -0.25) is 9.59 Å². The third-order valence-corrected chi connectivity index (χ3v) is 4.88. The predicted octanol–water partition coefficient (Wildman–Crippen LogP) is 5.79. The van der Waals surface area contributed by atoms with Crippen LogP contribution in [-0.4, -0.2) is 11.7 Å². The lowest BCUT2D eigenvalue weighted by atomic mass is 9.97. The number of rotatable bonds is 7. The van der Waals surface area contributed by atoms with E-state index in [0.29, 0.717) is 28.1 Å². The van der Waals surface area contributed by atoms with Crippen LogP contribution in [0.5, 0.6) is 5.75 Å². The van der Waals surface area contributed by atoms with E-state index in [1.807, 2.05) is 24.3 Å². The number of anilines is 1. The van der Waals surface area contributed by atoms with Crippen LogP contribution in [0.3, 0.4) is 0 Å². The van der Waals surface area contributed by atoms with Crippen molar-refractivity contribution in [2.24, 2.45) is 5.92 Å². The van der Waals surface area contributed by atoms with Crippen LogP contribution in [-0.2, 0) is 0 Å². The van der Waals surface area contributed by atoms with E-state index in [-0.39, 0.29) is 23.7 Å². The number of nitriles is 1. The maximum atomic E-state index is 12.6. The summed E-state index contributed by atoms with van der Waals surface area (Å²) in [6, 6.07) is 23.2. The van der Waals surface area contributed by atoms with Crippen molar-refractivity contribution in [3.05, 3.63) is 95.1 Å². The summed E-state index contributed by atoms with van der Waals surface area (Å²) in [4.78, 5) is 24.2. The van der Waals surface area contributed by atoms with Crippen molar-refractivity contribution >= 4 is 17.4 Å². The lowest BCUT2D eigenvalue weighted by molar-refractivity contribution is 0.101. The molecule has 0 saturated heterocycles. The number of carbonyl (C=O) groups excluding carboxylic acids is 2. The van der Waals surface area contributed by atoms with E-state index in [0.717, 1.165) is 5.56 Å². The summed E-state index contributed by atoms with van der Waals surface area (Å²) in [7, 11) is 0. The molecule has 31 heavy (non-hydrogen) atoms. The second kappa shape index (κ2) is 9.73. The fourth-order valence-corrected chi connectivity index (χ4v) is 3.19. The second-order valence-electron chi connectivity index (χ2n) is 7.63. The topological polar surface area (TPSA) is 79.2 Å². The molecule has 3 rings (SSSR count). The first-order valence-electron chi connectivity index (χ1n) is 10.1. The Hall–Kier alpha value is -3.91. The molecule has 0 radical (unpaired) electrons. The van der Waals surface area contributed by atoms with Crippen LogP contribution in [0.4, 0.5) is 5.69 Å². The zero-order valence-corrected chi connectivity index (χ0v) is 17.8. The summed E-state index contributed by atoms with van der Waals surface area (Å²) < 4.78 is 6.23. The highest BCUT2D eigenvalue weighted by Gasteiger charge is 2.19. The summed E-state index contributed by atoms with van der Waals surface area (Å²) in [5, 5.41) is 11.7. The van der Waals surface area contributed by atoms with Gasteiger partial charge < -0.3 is 10.1 Å². The molecule has 0 fully saturated rings. The van der Waals surface area contributed by atoms with Crippen LogP contribution in [0.15, 0.2) is 72.8 Å². The molecule has 0 heterocycles. The predicted molar refractivity (Wildman–Crippen MR) is 120 cm³/mol. The molecular weight excluding hydrogens is 388 g/mol. The maximum absolute atomic E-state index is 12.6. The third kappa shape index (κ3) is 5.58. The summed E-state index contributed by atoms with van der Waals surface area (Å²) >= 11 is 0. The molecule has 3 aromatic carbocycles. The van der Waals surface area contributed by atoms with E-state index >= 15 is 0 Å². The Morgan fingerprint density at radius 1 is 0.935 bits per heavy atom. The van der Waals surface area contributed by atoms with Crippen molar-refractivity contribution < 1.29 is 14.3 Å². The average Bonchev–Trinajstić information content (AvgIpc) is 2.78. The molecule has 0 spiro atoms. The minimum atomic E-state index is -0.262. The van der Waals surface area contributed by atoms with Crippen LogP contribution >= 0.6 is 0 Å². The van der Waals surface area contributed by atoms with Crippen molar-refractivity contribution in [1.29, 1.82) is 5.26 Å². The van der Waals surface area contributed by atoms with E-state index in [2.05, 4.69) is 19.2 Å². The highest BCUT2D eigenvalue weighted by atomic mass is 16.5. The van der Waals surface area contributed by atoms with Gasteiger partial charge in [-0.25, -0.2) is 0 Å². The summed E-state index contributed by atoms with van der Waals surface area (Å²) in [5.74, 6) is 0.526. The molecule has 1 atom stereocenters. The summed E-state index contributed by atoms with van der Waals surface area (Å²) in [5.41, 5.74) is 3.24. The highest BCUT2D eigenvalue weighted by molar-refractivity contribution is 6.04. The van der Waals surface area contributed by atoms with Gasteiger partial charge >= 0.3 is 0 Å². The molecule has 1 amide bonds. The molecule has 0 aliphatic carbocycles. The standard InChI is InChI=1S/C26H24N2O3/c1-17(2)25(21-11-9-20(10-12-21)18(3)29)31-24-6-4-5-22(15-24)26(30)28-23-13-7-19(16-27)8-14-23/h4-15,17,25H,1-3H3,(H,28,30). The average molecular weight is 412 g/mol. The lowest BCUT2D eigenvalue weighted by Gasteiger charge is -2.23. The molecule has 3 aromatic rings. The fraction of sp³-hybridized carbons (Fsp3) is 0.192. The van der Waals surface area contributed by atoms with E-state index in [9.17, 15) is 9.59 Å². The van der Waals surface area contributed by atoms with Crippen molar-refractivity contribution in [3.8, 4) is 11.8 Å². The van der Waals surface area contributed by atoms with Crippen LogP contribution in [0.1, 0.15) is 58.7 Å². The van der Waals surface area contributed by atoms with Gasteiger partial charge in [0, 0.05) is 16.8 Å². The number of nitrogens with zero attached hydrogens (tertiary/aromatic N) is 1. The zero-order chi connectivity index (χ0) is 22.4. The van der Waals surface area contributed by atoms with E-state index < -0.39 is 0 Å². The Morgan fingerprint density at radius 2 is 1.61 bits per heavy atom. The molecule has 0 aliphatic rings. The first kappa shape index (κ1) is 21.8. The number of Topliss-reactive ketones (excluding diaryl/α,β-unsaturated/α-hetero) is 1. The maximum Gasteiger partial charge on any atom is 0.255 e. The Balaban J connectivity index is 1.76. The lowest BCUT2D eigenvalue weighted by Crippen LogP contribution is -2.15. The number of ether oxygens (including phenoxy) is 1. The first-order chi connectivity index (χ1) is 14.9. The third-order valence-electron chi connectivity index (χ3n) is 4.88. The van der Waals surface area contributed by atoms with Crippen LogP contribution in [0.2, 0.25) is 0 Å². The van der Waals surface area contributed by atoms with Gasteiger partial charge in [0.2, 0.25) is 0 Å². The van der Waals surface area contributed by atoms with Crippen molar-refractivity contribution in [1.82, 2.24) is 0 Å². The zero-order valence-electron chi connectivity index (χ0n) is 17.8. The van der Waals surface area contributed by atoms with Crippen molar-refractivity contribution in [3.63, 3.8) is 0 Å².